The van der Waals surface area contributed by atoms with Crippen LogP contribution in [0.4, 0.5) is 0 Å². The molecule has 1 spiro atoms. The van der Waals surface area contributed by atoms with E-state index in [0.29, 0.717) is 0 Å². The number of ether oxygens (including phenoxy) is 3. The van der Waals surface area contributed by atoms with E-state index in [1.54, 1.807) is 0 Å². The molecule has 1 aromatic rings. The van der Waals surface area contributed by atoms with Crippen molar-refractivity contribution in [3.05, 3.63) is 35.9 Å². The molecule has 0 aromatic heterocycles. The van der Waals surface area contributed by atoms with Gasteiger partial charge in [0, 0.05) is 25.9 Å². The maximum atomic E-state index is 6.32. The third kappa shape index (κ3) is 2.93. The highest BCUT2D eigenvalue weighted by Gasteiger charge is 2.43. The predicted octanol–water partition coefficient (Wildman–Crippen LogP) is 3.09. The Morgan fingerprint density at radius 2 is 1.91 bits per heavy atom. The number of hydrogen-bond donors (Lipinski definition) is 0. The van der Waals surface area contributed by atoms with Gasteiger partial charge in [-0.25, -0.2) is 0 Å². The summed E-state index contributed by atoms with van der Waals surface area (Å²) in [4.78, 5) is 2.38. The monoisotopic (exact) mass is 303 g/mol. The van der Waals surface area contributed by atoms with Gasteiger partial charge in [-0.1, -0.05) is 36.8 Å². The SMILES string of the molecule is c1ccc([C@H]2OCCN2C[C@H]2COC3(CCCCC3)O2)cc1. The molecular formula is C18H25NO3. The Morgan fingerprint density at radius 3 is 2.73 bits per heavy atom. The van der Waals surface area contributed by atoms with Gasteiger partial charge < -0.3 is 14.2 Å². The van der Waals surface area contributed by atoms with Crippen LogP contribution in [0.1, 0.15) is 43.9 Å². The van der Waals surface area contributed by atoms with Crippen molar-refractivity contribution >= 4 is 0 Å². The Balaban J connectivity index is 1.39. The third-order valence-corrected chi connectivity index (χ3v) is 5.04. The topological polar surface area (TPSA) is 30.9 Å². The maximum absolute atomic E-state index is 6.32. The van der Waals surface area contributed by atoms with Crippen molar-refractivity contribution < 1.29 is 14.2 Å². The second-order valence-electron chi connectivity index (χ2n) is 6.65. The van der Waals surface area contributed by atoms with Crippen LogP contribution in [0.2, 0.25) is 0 Å². The van der Waals surface area contributed by atoms with Crippen LogP contribution in [0.5, 0.6) is 0 Å². The van der Waals surface area contributed by atoms with Gasteiger partial charge in [-0.2, -0.15) is 0 Å². The first kappa shape index (κ1) is 14.6. The Bertz CT molecular complexity index is 486. The molecule has 3 fully saturated rings. The Kier molecular flexibility index (Phi) is 4.18. The fourth-order valence-electron chi connectivity index (χ4n) is 3.94. The van der Waals surface area contributed by atoms with Crippen LogP contribution in [0.25, 0.3) is 0 Å². The molecule has 4 rings (SSSR count). The van der Waals surface area contributed by atoms with Gasteiger partial charge in [0.05, 0.1) is 19.3 Å². The van der Waals surface area contributed by atoms with Gasteiger partial charge in [-0.05, 0) is 18.4 Å². The van der Waals surface area contributed by atoms with Crippen LogP contribution >= 0.6 is 0 Å². The molecule has 1 saturated carbocycles. The zero-order valence-corrected chi connectivity index (χ0v) is 13.1. The molecule has 0 radical (unpaired) electrons. The molecule has 0 N–H and O–H groups in total. The first-order valence-corrected chi connectivity index (χ1v) is 8.57. The van der Waals surface area contributed by atoms with Crippen molar-refractivity contribution in [3.63, 3.8) is 0 Å². The van der Waals surface area contributed by atoms with E-state index >= 15 is 0 Å². The van der Waals surface area contributed by atoms with Gasteiger partial charge in [-0.15, -0.1) is 0 Å². The fourth-order valence-corrected chi connectivity index (χ4v) is 3.94. The van der Waals surface area contributed by atoms with Gasteiger partial charge in [0.25, 0.3) is 0 Å². The first-order chi connectivity index (χ1) is 10.8. The molecule has 0 unspecified atom stereocenters. The molecule has 2 heterocycles. The highest BCUT2D eigenvalue weighted by molar-refractivity contribution is 5.18. The zero-order chi connectivity index (χ0) is 14.8. The average Bonchev–Trinajstić information content (AvgIpc) is 3.17. The molecule has 2 saturated heterocycles. The minimum Gasteiger partial charge on any atom is -0.358 e. The average molecular weight is 303 g/mol. The van der Waals surface area contributed by atoms with Gasteiger partial charge in [0.2, 0.25) is 0 Å². The molecule has 1 aliphatic carbocycles. The summed E-state index contributed by atoms with van der Waals surface area (Å²) in [6.45, 7) is 3.37. The summed E-state index contributed by atoms with van der Waals surface area (Å²) in [6.07, 6.45) is 6.12. The standard InChI is InChI=1S/C18H25NO3/c1-3-7-15(8-4-1)17-19(11-12-20-17)13-16-14-21-18(22-16)9-5-2-6-10-18/h1,3-4,7-8,16-17H,2,5-6,9-14H2/t16-,17+/m0/s1. The molecule has 2 atom stereocenters. The normalized spacial score (nSPS) is 31.8. The minimum absolute atomic E-state index is 0.0627. The van der Waals surface area contributed by atoms with Crippen molar-refractivity contribution in [1.82, 2.24) is 4.90 Å². The largest absolute Gasteiger partial charge is 0.358 e. The molecule has 4 nitrogen and oxygen atoms in total. The van der Waals surface area contributed by atoms with E-state index in [4.69, 9.17) is 14.2 Å². The van der Waals surface area contributed by atoms with Crippen LogP contribution in [0.15, 0.2) is 30.3 Å². The summed E-state index contributed by atoms with van der Waals surface area (Å²) in [6, 6.07) is 10.5. The summed E-state index contributed by atoms with van der Waals surface area (Å²) in [5, 5.41) is 0. The first-order valence-electron chi connectivity index (χ1n) is 8.57. The highest BCUT2D eigenvalue weighted by atomic mass is 16.7. The van der Waals surface area contributed by atoms with E-state index in [2.05, 4.69) is 29.2 Å². The lowest BCUT2D eigenvalue weighted by atomic mass is 9.94. The van der Waals surface area contributed by atoms with Crippen molar-refractivity contribution in [1.29, 1.82) is 0 Å². The van der Waals surface area contributed by atoms with Crippen LogP contribution in [0.3, 0.4) is 0 Å². The number of benzene rings is 1. The second-order valence-corrected chi connectivity index (χ2v) is 6.65. The molecule has 2 aliphatic heterocycles. The number of nitrogens with zero attached hydrogens (tertiary/aromatic N) is 1. The molecule has 120 valence electrons. The van der Waals surface area contributed by atoms with E-state index in [-0.39, 0.29) is 18.1 Å². The lowest BCUT2D eigenvalue weighted by Crippen LogP contribution is -2.37. The van der Waals surface area contributed by atoms with Crippen LogP contribution in [0, 0.1) is 0 Å². The molecular weight excluding hydrogens is 278 g/mol. The molecule has 22 heavy (non-hydrogen) atoms. The van der Waals surface area contributed by atoms with E-state index in [1.165, 1.54) is 24.8 Å². The maximum Gasteiger partial charge on any atom is 0.168 e. The lowest BCUT2D eigenvalue weighted by Gasteiger charge is -2.32. The second kappa shape index (κ2) is 6.28. The van der Waals surface area contributed by atoms with E-state index in [9.17, 15) is 0 Å². The van der Waals surface area contributed by atoms with Crippen molar-refractivity contribution in [2.45, 2.75) is 50.2 Å². The molecule has 3 aliphatic rings. The molecule has 0 bridgehead atoms. The van der Waals surface area contributed by atoms with Crippen LogP contribution < -0.4 is 0 Å². The van der Waals surface area contributed by atoms with Gasteiger partial charge in [-0.3, -0.25) is 4.90 Å². The summed E-state index contributed by atoms with van der Waals surface area (Å²) in [5.41, 5.74) is 1.23. The van der Waals surface area contributed by atoms with Crippen molar-refractivity contribution in [2.75, 3.05) is 26.3 Å². The third-order valence-electron chi connectivity index (χ3n) is 5.04. The summed E-state index contributed by atoms with van der Waals surface area (Å²) >= 11 is 0. The Hall–Kier alpha value is -0.940. The Labute approximate surface area is 132 Å². The van der Waals surface area contributed by atoms with Gasteiger partial charge in [0.1, 0.15) is 6.23 Å². The van der Waals surface area contributed by atoms with E-state index in [1.807, 2.05) is 6.07 Å². The predicted molar refractivity (Wildman–Crippen MR) is 83.3 cm³/mol. The molecule has 0 amide bonds. The molecule has 4 heteroatoms. The van der Waals surface area contributed by atoms with Gasteiger partial charge >= 0.3 is 0 Å². The van der Waals surface area contributed by atoms with Gasteiger partial charge in [0.15, 0.2) is 5.79 Å². The van der Waals surface area contributed by atoms with Crippen molar-refractivity contribution in [3.8, 4) is 0 Å². The Morgan fingerprint density at radius 1 is 1.09 bits per heavy atom. The molecule has 1 aromatic carbocycles. The number of hydrogen-bond acceptors (Lipinski definition) is 4. The number of rotatable bonds is 3. The minimum atomic E-state index is -0.272. The summed E-state index contributed by atoms with van der Waals surface area (Å²) in [5.74, 6) is -0.272. The smallest absolute Gasteiger partial charge is 0.168 e. The summed E-state index contributed by atoms with van der Waals surface area (Å²) in [7, 11) is 0. The lowest BCUT2D eigenvalue weighted by molar-refractivity contribution is -0.189. The summed E-state index contributed by atoms with van der Waals surface area (Å²) < 4.78 is 18.3. The van der Waals surface area contributed by atoms with E-state index in [0.717, 1.165) is 39.1 Å². The van der Waals surface area contributed by atoms with Crippen LogP contribution in [-0.4, -0.2) is 43.1 Å². The fraction of sp³-hybridized carbons (Fsp3) is 0.667. The quantitative estimate of drug-likeness (QED) is 0.858. The zero-order valence-electron chi connectivity index (χ0n) is 13.1. The van der Waals surface area contributed by atoms with Crippen LogP contribution in [-0.2, 0) is 14.2 Å². The van der Waals surface area contributed by atoms with E-state index < -0.39 is 0 Å². The highest BCUT2D eigenvalue weighted by Crippen LogP contribution is 2.38. The van der Waals surface area contributed by atoms with Crippen molar-refractivity contribution in [2.24, 2.45) is 0 Å².